The lowest BCUT2D eigenvalue weighted by atomic mass is 9.83. The third-order valence-corrected chi connectivity index (χ3v) is 6.71. The fourth-order valence-corrected chi connectivity index (χ4v) is 4.93. The minimum Gasteiger partial charge on any atom is -0.335 e. The molecule has 1 N–H and O–H groups in total. The van der Waals surface area contributed by atoms with Crippen LogP contribution in [0.1, 0.15) is 42.6 Å². The Bertz CT molecular complexity index is 798. The van der Waals surface area contributed by atoms with Crippen molar-refractivity contribution < 1.29 is 4.79 Å². The minimum atomic E-state index is 0.104. The summed E-state index contributed by atoms with van der Waals surface area (Å²) in [5.41, 5.74) is 2.49. The number of piperidine rings is 1. The van der Waals surface area contributed by atoms with Gasteiger partial charge in [0, 0.05) is 37.8 Å². The van der Waals surface area contributed by atoms with Crippen LogP contribution in [0.15, 0.2) is 36.4 Å². The number of aromatic nitrogens is 2. The predicted molar refractivity (Wildman–Crippen MR) is 105 cm³/mol. The highest BCUT2D eigenvalue weighted by Crippen LogP contribution is 2.33. The van der Waals surface area contributed by atoms with Crippen LogP contribution in [-0.4, -0.2) is 58.1 Å². The monoisotopic (exact) mass is 364 g/mol. The van der Waals surface area contributed by atoms with E-state index >= 15 is 0 Å². The first-order chi connectivity index (χ1) is 13.3. The van der Waals surface area contributed by atoms with Gasteiger partial charge in [-0.15, -0.1) is 0 Å². The maximum Gasteiger partial charge on any atom is 0.271 e. The molecular weight excluding hydrogens is 336 g/mol. The lowest BCUT2D eigenvalue weighted by Gasteiger charge is -2.40. The predicted octanol–water partition coefficient (Wildman–Crippen LogP) is 3.41. The quantitative estimate of drug-likeness (QED) is 0.904. The topological polar surface area (TPSA) is 52.2 Å². The third-order valence-electron chi connectivity index (χ3n) is 6.71. The molecule has 0 spiro atoms. The Balaban J connectivity index is 1.30. The van der Waals surface area contributed by atoms with Gasteiger partial charge in [-0.25, -0.2) is 0 Å². The first-order valence-corrected chi connectivity index (χ1v) is 10.4. The van der Waals surface area contributed by atoms with E-state index in [1.165, 1.54) is 45.2 Å². The molecule has 1 aromatic carbocycles. The number of carbonyl (C=O) groups is 1. The number of amides is 1. The van der Waals surface area contributed by atoms with Gasteiger partial charge in [0.15, 0.2) is 0 Å². The van der Waals surface area contributed by atoms with E-state index < -0.39 is 0 Å². The van der Waals surface area contributed by atoms with E-state index in [0.717, 1.165) is 30.3 Å². The van der Waals surface area contributed by atoms with E-state index in [9.17, 15) is 4.79 Å². The first-order valence-electron chi connectivity index (χ1n) is 10.4. The van der Waals surface area contributed by atoms with E-state index in [-0.39, 0.29) is 5.91 Å². The summed E-state index contributed by atoms with van der Waals surface area (Å²) in [4.78, 5) is 17.9. The molecule has 1 amide bonds. The molecule has 0 radical (unpaired) electrons. The molecule has 3 saturated heterocycles. The maximum absolute atomic E-state index is 13.1. The molecule has 4 fully saturated rings. The van der Waals surface area contributed by atoms with Crippen molar-refractivity contribution in [3.63, 3.8) is 0 Å². The number of hydrogen-bond acceptors (Lipinski definition) is 3. The Morgan fingerprint density at radius 1 is 1.07 bits per heavy atom. The molecule has 1 aliphatic carbocycles. The lowest BCUT2D eigenvalue weighted by molar-refractivity contribution is 0.0712. The van der Waals surface area contributed by atoms with Crippen molar-refractivity contribution in [3.8, 4) is 11.3 Å². The van der Waals surface area contributed by atoms with Gasteiger partial charge in [-0.2, -0.15) is 5.10 Å². The van der Waals surface area contributed by atoms with Crippen LogP contribution in [0.3, 0.4) is 0 Å². The van der Waals surface area contributed by atoms with Crippen LogP contribution >= 0.6 is 0 Å². The molecule has 4 heterocycles. The average molecular weight is 364 g/mol. The number of hydrogen-bond donors (Lipinski definition) is 1. The smallest absolute Gasteiger partial charge is 0.271 e. The molecule has 5 nitrogen and oxygen atoms in total. The Morgan fingerprint density at radius 3 is 2.70 bits per heavy atom. The van der Waals surface area contributed by atoms with Crippen molar-refractivity contribution in [3.05, 3.63) is 42.1 Å². The zero-order chi connectivity index (χ0) is 18.2. The van der Waals surface area contributed by atoms with Gasteiger partial charge in [0.05, 0.1) is 5.69 Å². The van der Waals surface area contributed by atoms with Gasteiger partial charge < -0.3 is 4.90 Å². The number of H-pyrrole nitrogens is 1. The molecule has 2 atom stereocenters. The summed E-state index contributed by atoms with van der Waals surface area (Å²) in [5.74, 6) is 1.62. The van der Waals surface area contributed by atoms with Gasteiger partial charge >= 0.3 is 0 Å². The summed E-state index contributed by atoms with van der Waals surface area (Å²) >= 11 is 0. The van der Waals surface area contributed by atoms with Crippen molar-refractivity contribution in [2.75, 3.05) is 26.2 Å². The average Bonchev–Trinajstić information content (AvgIpc) is 2.99. The fraction of sp³-hybridized carbons (Fsp3) is 0.545. The van der Waals surface area contributed by atoms with Crippen molar-refractivity contribution in [1.29, 1.82) is 0 Å². The van der Waals surface area contributed by atoms with Crippen LogP contribution < -0.4 is 0 Å². The minimum absolute atomic E-state index is 0.104. The number of benzene rings is 1. The number of fused-ring (bicyclic) bond motifs is 4. The van der Waals surface area contributed by atoms with Crippen LogP contribution in [0.4, 0.5) is 0 Å². The van der Waals surface area contributed by atoms with E-state index in [0.29, 0.717) is 17.7 Å². The second-order valence-corrected chi connectivity index (χ2v) is 8.59. The largest absolute Gasteiger partial charge is 0.335 e. The molecule has 6 rings (SSSR count). The maximum atomic E-state index is 13.1. The Labute approximate surface area is 160 Å². The summed E-state index contributed by atoms with van der Waals surface area (Å²) in [6, 6.07) is 12.5. The molecule has 2 aromatic rings. The summed E-state index contributed by atoms with van der Waals surface area (Å²) in [5, 5.41) is 7.35. The Kier molecular flexibility index (Phi) is 4.48. The zero-order valence-electron chi connectivity index (χ0n) is 15.8. The highest BCUT2D eigenvalue weighted by atomic mass is 16.2. The van der Waals surface area contributed by atoms with Crippen LogP contribution in [-0.2, 0) is 0 Å². The number of rotatable bonds is 4. The molecule has 4 aliphatic rings. The van der Waals surface area contributed by atoms with Crippen LogP contribution in [0.25, 0.3) is 11.3 Å². The van der Waals surface area contributed by atoms with Crippen LogP contribution in [0.5, 0.6) is 0 Å². The normalized spacial score (nSPS) is 26.0. The second kappa shape index (κ2) is 7.12. The molecule has 3 aliphatic heterocycles. The first kappa shape index (κ1) is 17.0. The van der Waals surface area contributed by atoms with Gasteiger partial charge in [0.1, 0.15) is 5.69 Å². The van der Waals surface area contributed by atoms with E-state index in [2.05, 4.69) is 20.0 Å². The molecule has 2 unspecified atom stereocenters. The van der Waals surface area contributed by atoms with Gasteiger partial charge in [-0.3, -0.25) is 14.8 Å². The molecule has 1 saturated carbocycles. The van der Waals surface area contributed by atoms with Crippen molar-refractivity contribution >= 4 is 5.91 Å². The third kappa shape index (κ3) is 3.41. The van der Waals surface area contributed by atoms with Crippen molar-refractivity contribution in [1.82, 2.24) is 20.0 Å². The molecule has 142 valence electrons. The Hall–Kier alpha value is -2.14. The zero-order valence-corrected chi connectivity index (χ0v) is 15.8. The summed E-state index contributed by atoms with van der Waals surface area (Å²) in [6.45, 7) is 4.16. The van der Waals surface area contributed by atoms with Crippen molar-refractivity contribution in [2.24, 2.45) is 11.8 Å². The number of aromatic amines is 1. The molecular formula is C22H28N4O. The highest BCUT2D eigenvalue weighted by molar-refractivity contribution is 5.93. The van der Waals surface area contributed by atoms with Crippen LogP contribution in [0.2, 0.25) is 0 Å². The van der Waals surface area contributed by atoms with E-state index in [1.807, 2.05) is 36.4 Å². The highest BCUT2D eigenvalue weighted by Gasteiger charge is 2.38. The molecule has 27 heavy (non-hydrogen) atoms. The number of nitrogens with one attached hydrogen (secondary N) is 1. The summed E-state index contributed by atoms with van der Waals surface area (Å²) in [7, 11) is 0. The van der Waals surface area contributed by atoms with Gasteiger partial charge in [0.2, 0.25) is 0 Å². The number of nitrogens with zero attached hydrogens (tertiary/aromatic N) is 3. The van der Waals surface area contributed by atoms with E-state index in [4.69, 9.17) is 0 Å². The lowest BCUT2D eigenvalue weighted by Crippen LogP contribution is -2.47. The molecule has 1 aromatic heterocycles. The molecule has 2 bridgehead atoms. The van der Waals surface area contributed by atoms with Gasteiger partial charge in [-0.05, 0) is 43.6 Å². The summed E-state index contributed by atoms with van der Waals surface area (Å²) < 4.78 is 0. The fourth-order valence-electron chi connectivity index (χ4n) is 4.93. The van der Waals surface area contributed by atoms with Crippen molar-refractivity contribution in [2.45, 2.75) is 38.1 Å². The van der Waals surface area contributed by atoms with Gasteiger partial charge in [0.25, 0.3) is 5.91 Å². The Morgan fingerprint density at radius 2 is 1.93 bits per heavy atom. The van der Waals surface area contributed by atoms with E-state index in [1.54, 1.807) is 0 Å². The second-order valence-electron chi connectivity index (χ2n) is 8.59. The van der Waals surface area contributed by atoms with Crippen LogP contribution in [0, 0.1) is 11.8 Å². The SMILES string of the molecule is O=C(c1cc(-c2ccccc2)n[nH]1)N1CC2CCC(C1)N(CC1CCC1)C2. The summed E-state index contributed by atoms with van der Waals surface area (Å²) in [6.07, 6.45) is 6.69. The number of carbonyl (C=O) groups excluding carboxylic acids is 1. The van der Waals surface area contributed by atoms with Gasteiger partial charge in [-0.1, -0.05) is 36.8 Å². The molecule has 5 heteroatoms. The standard InChI is InChI=1S/C22H28N4O/c27-22(21-11-20(23-24-21)18-7-2-1-3-8-18)26-14-17-9-10-19(15-26)25(13-17)12-16-5-4-6-16/h1-3,7-8,11,16-17,19H,4-6,9-10,12-15H2,(H,23,24).